The lowest BCUT2D eigenvalue weighted by molar-refractivity contribution is 0.272. The highest BCUT2D eigenvalue weighted by atomic mass is 32.2. The van der Waals surface area contributed by atoms with E-state index < -0.39 is 16.1 Å². The number of aliphatic hydroxyl groups is 1. The molecular weight excluding hydrogens is 298 g/mol. The Kier molecular flexibility index (Phi) is 4.28. The molecule has 0 aliphatic rings. The van der Waals surface area contributed by atoms with Crippen molar-refractivity contribution in [1.29, 1.82) is 0 Å². The number of nitrogens with one attached hydrogen (secondary N) is 1. The highest BCUT2D eigenvalue weighted by Gasteiger charge is 2.22. The largest absolute Gasteiger partial charge is 0.390 e. The van der Waals surface area contributed by atoms with Gasteiger partial charge in [0, 0.05) is 30.0 Å². The molecule has 1 unspecified atom stereocenters. The molecule has 20 heavy (non-hydrogen) atoms. The quantitative estimate of drug-likeness (QED) is 0.871. The predicted molar refractivity (Wildman–Crippen MR) is 76.9 cm³/mol. The van der Waals surface area contributed by atoms with E-state index in [-0.39, 0.29) is 11.5 Å². The van der Waals surface area contributed by atoms with Gasteiger partial charge in [-0.2, -0.15) is 0 Å². The molecule has 2 aromatic heterocycles. The molecule has 0 saturated heterocycles. The van der Waals surface area contributed by atoms with E-state index in [4.69, 9.17) is 5.11 Å². The summed E-state index contributed by atoms with van der Waals surface area (Å²) in [5.74, 6) is 0. The third-order valence-electron chi connectivity index (χ3n) is 2.89. The summed E-state index contributed by atoms with van der Waals surface area (Å²) < 4.78 is 28.7. The maximum Gasteiger partial charge on any atom is 0.242 e. The van der Waals surface area contributed by atoms with Gasteiger partial charge in [-0.3, -0.25) is 0 Å². The lowest BCUT2D eigenvalue weighted by Crippen LogP contribution is -2.26. The Morgan fingerprint density at radius 2 is 2.25 bits per heavy atom. The average molecular weight is 315 g/mol. The van der Waals surface area contributed by atoms with Crippen LogP contribution >= 0.6 is 11.3 Å². The Labute approximate surface area is 122 Å². The first kappa shape index (κ1) is 15.2. The van der Waals surface area contributed by atoms with Crippen molar-refractivity contribution in [2.24, 2.45) is 7.05 Å². The molecule has 8 heteroatoms. The summed E-state index contributed by atoms with van der Waals surface area (Å²) in [6.45, 7) is 3.42. The van der Waals surface area contributed by atoms with Crippen LogP contribution in [-0.4, -0.2) is 23.1 Å². The maximum atomic E-state index is 12.3. The molecule has 0 bridgehead atoms. The van der Waals surface area contributed by atoms with E-state index in [0.29, 0.717) is 5.69 Å². The van der Waals surface area contributed by atoms with Crippen molar-refractivity contribution >= 4 is 21.4 Å². The van der Waals surface area contributed by atoms with Gasteiger partial charge in [-0.05, 0) is 19.9 Å². The highest BCUT2D eigenvalue weighted by Crippen LogP contribution is 2.21. The van der Waals surface area contributed by atoms with Crippen LogP contribution in [0.2, 0.25) is 0 Å². The van der Waals surface area contributed by atoms with Crippen molar-refractivity contribution in [3.63, 3.8) is 0 Å². The van der Waals surface area contributed by atoms with Crippen LogP contribution in [0.4, 0.5) is 0 Å². The summed E-state index contributed by atoms with van der Waals surface area (Å²) in [4.78, 5) is 4.42. The number of nitrogens with zero attached hydrogens (tertiary/aromatic N) is 2. The van der Waals surface area contributed by atoms with Crippen LogP contribution in [0.5, 0.6) is 0 Å². The second kappa shape index (κ2) is 5.65. The van der Waals surface area contributed by atoms with E-state index in [1.165, 1.54) is 23.6 Å². The number of rotatable bonds is 5. The van der Waals surface area contributed by atoms with Crippen molar-refractivity contribution in [2.75, 3.05) is 0 Å². The van der Waals surface area contributed by atoms with E-state index in [2.05, 4.69) is 9.71 Å². The Balaban J connectivity index is 2.22. The molecule has 2 N–H and O–H groups in total. The third kappa shape index (κ3) is 3.09. The number of hydrogen-bond acceptors (Lipinski definition) is 5. The molecule has 0 aliphatic carbocycles. The van der Waals surface area contributed by atoms with Crippen LogP contribution in [0.15, 0.2) is 22.5 Å². The van der Waals surface area contributed by atoms with E-state index in [9.17, 15) is 8.42 Å². The standard InChI is InChI=1S/C12H17N3O3S2/c1-8-7-19-12(13-8)9(2)14-20(17,18)11-4-10(6-16)15(3)5-11/h4-5,7,9,14,16H,6H2,1-3H3. The zero-order valence-electron chi connectivity index (χ0n) is 11.5. The Morgan fingerprint density at radius 3 is 2.75 bits per heavy atom. The summed E-state index contributed by atoms with van der Waals surface area (Å²) >= 11 is 1.42. The SMILES string of the molecule is Cc1csc(C(C)NS(=O)(=O)c2cc(CO)n(C)c2)n1. The van der Waals surface area contributed by atoms with Crippen LogP contribution in [0.25, 0.3) is 0 Å². The van der Waals surface area contributed by atoms with Gasteiger partial charge in [-0.15, -0.1) is 11.3 Å². The molecule has 0 amide bonds. The fourth-order valence-electron chi connectivity index (χ4n) is 1.80. The Hall–Kier alpha value is -1.22. The second-order valence-corrected chi connectivity index (χ2v) is 7.21. The fourth-order valence-corrected chi connectivity index (χ4v) is 3.98. The van der Waals surface area contributed by atoms with Crippen molar-refractivity contribution in [2.45, 2.75) is 31.4 Å². The molecule has 2 rings (SSSR count). The van der Waals surface area contributed by atoms with Crippen LogP contribution in [0.1, 0.15) is 29.4 Å². The molecule has 0 saturated carbocycles. The molecule has 1 atom stereocenters. The number of aromatic nitrogens is 2. The van der Waals surface area contributed by atoms with Crippen LogP contribution in [-0.2, 0) is 23.7 Å². The van der Waals surface area contributed by atoms with Gasteiger partial charge in [0.1, 0.15) is 5.01 Å². The monoisotopic (exact) mass is 315 g/mol. The molecule has 110 valence electrons. The van der Waals surface area contributed by atoms with Gasteiger partial charge in [0.15, 0.2) is 0 Å². The van der Waals surface area contributed by atoms with Crippen LogP contribution in [0.3, 0.4) is 0 Å². The molecule has 0 aromatic carbocycles. The van der Waals surface area contributed by atoms with Gasteiger partial charge in [0.25, 0.3) is 0 Å². The molecule has 0 radical (unpaired) electrons. The van der Waals surface area contributed by atoms with Crippen molar-refractivity contribution in [1.82, 2.24) is 14.3 Å². The molecule has 2 heterocycles. The first-order valence-electron chi connectivity index (χ1n) is 6.04. The topological polar surface area (TPSA) is 84.2 Å². The van der Waals surface area contributed by atoms with Gasteiger partial charge in [-0.25, -0.2) is 18.1 Å². The number of aryl methyl sites for hydroxylation is 2. The first-order valence-corrected chi connectivity index (χ1v) is 8.40. The summed E-state index contributed by atoms with van der Waals surface area (Å²) in [6.07, 6.45) is 1.48. The molecule has 2 aromatic rings. The molecular formula is C12H17N3O3S2. The van der Waals surface area contributed by atoms with E-state index in [1.807, 2.05) is 12.3 Å². The fraction of sp³-hybridized carbons (Fsp3) is 0.417. The number of hydrogen-bond donors (Lipinski definition) is 2. The van der Waals surface area contributed by atoms with Gasteiger partial charge >= 0.3 is 0 Å². The summed E-state index contributed by atoms with van der Waals surface area (Å²) in [7, 11) is -1.93. The molecule has 0 fully saturated rings. The minimum absolute atomic E-state index is 0.143. The minimum Gasteiger partial charge on any atom is -0.390 e. The van der Waals surface area contributed by atoms with Crippen LogP contribution in [0, 0.1) is 6.92 Å². The first-order chi connectivity index (χ1) is 9.33. The van der Waals surface area contributed by atoms with Crippen molar-refractivity contribution < 1.29 is 13.5 Å². The van der Waals surface area contributed by atoms with Gasteiger partial charge < -0.3 is 9.67 Å². The molecule has 0 spiro atoms. The normalized spacial score (nSPS) is 13.6. The third-order valence-corrected chi connectivity index (χ3v) is 5.55. The minimum atomic E-state index is -3.63. The maximum absolute atomic E-state index is 12.3. The summed E-state index contributed by atoms with van der Waals surface area (Å²) in [6, 6.07) is 1.07. The zero-order valence-corrected chi connectivity index (χ0v) is 13.1. The smallest absolute Gasteiger partial charge is 0.242 e. The van der Waals surface area contributed by atoms with Crippen molar-refractivity contribution in [3.05, 3.63) is 34.0 Å². The van der Waals surface area contributed by atoms with Gasteiger partial charge in [-0.1, -0.05) is 0 Å². The summed E-state index contributed by atoms with van der Waals surface area (Å²) in [5, 5.41) is 11.7. The number of thiazole rings is 1. The second-order valence-electron chi connectivity index (χ2n) is 4.61. The molecule has 0 aliphatic heterocycles. The Morgan fingerprint density at radius 1 is 1.55 bits per heavy atom. The van der Waals surface area contributed by atoms with E-state index >= 15 is 0 Å². The predicted octanol–water partition coefficient (Wildman–Crippen LogP) is 1.32. The lowest BCUT2D eigenvalue weighted by atomic mass is 10.4. The zero-order chi connectivity index (χ0) is 14.9. The summed E-state index contributed by atoms with van der Waals surface area (Å²) in [5.41, 5.74) is 1.42. The van der Waals surface area contributed by atoms with Gasteiger partial charge in [0.2, 0.25) is 10.0 Å². The van der Waals surface area contributed by atoms with E-state index in [1.54, 1.807) is 18.5 Å². The highest BCUT2D eigenvalue weighted by molar-refractivity contribution is 7.89. The van der Waals surface area contributed by atoms with Crippen molar-refractivity contribution in [3.8, 4) is 0 Å². The molecule has 6 nitrogen and oxygen atoms in total. The van der Waals surface area contributed by atoms with Gasteiger partial charge in [0.05, 0.1) is 17.5 Å². The number of aliphatic hydroxyl groups excluding tert-OH is 1. The van der Waals surface area contributed by atoms with E-state index in [0.717, 1.165) is 10.7 Å². The number of sulfonamides is 1. The average Bonchev–Trinajstić information content (AvgIpc) is 2.95. The lowest BCUT2D eigenvalue weighted by Gasteiger charge is -2.10. The Bertz CT molecular complexity index is 703. The van der Waals surface area contributed by atoms with Crippen LogP contribution < -0.4 is 4.72 Å².